The Kier molecular flexibility index (Phi) is 2.63. The molecular weight excluding hydrogens is 152 g/mol. The molecule has 2 heterocycles. The summed E-state index contributed by atoms with van der Waals surface area (Å²) in [6.45, 7) is 6.44. The summed E-state index contributed by atoms with van der Waals surface area (Å²) in [6.07, 6.45) is 3.70. The zero-order valence-corrected chi connectivity index (χ0v) is 7.75. The van der Waals surface area contributed by atoms with E-state index in [4.69, 9.17) is 4.74 Å². The second-order valence-corrected chi connectivity index (χ2v) is 3.79. The van der Waals surface area contributed by atoms with Crippen LogP contribution in [0.4, 0.5) is 0 Å². The third-order valence-corrected chi connectivity index (χ3v) is 2.75. The fourth-order valence-electron chi connectivity index (χ4n) is 2.11. The van der Waals surface area contributed by atoms with E-state index in [-0.39, 0.29) is 0 Å². The Morgan fingerprint density at radius 3 is 3.08 bits per heavy atom. The first kappa shape index (κ1) is 8.48. The lowest BCUT2D eigenvalue weighted by atomic mass is 10.2. The second-order valence-electron chi connectivity index (χ2n) is 3.79. The first-order chi connectivity index (χ1) is 5.86. The molecule has 0 aromatic rings. The number of morpholine rings is 1. The Morgan fingerprint density at radius 2 is 2.42 bits per heavy atom. The molecule has 0 aromatic carbocycles. The van der Waals surface area contributed by atoms with Crippen molar-refractivity contribution in [3.8, 4) is 0 Å². The molecule has 2 atom stereocenters. The average molecular weight is 170 g/mol. The molecule has 0 amide bonds. The van der Waals surface area contributed by atoms with Gasteiger partial charge in [0.15, 0.2) is 0 Å². The highest BCUT2D eigenvalue weighted by Gasteiger charge is 2.25. The maximum atomic E-state index is 5.50. The van der Waals surface area contributed by atoms with E-state index in [0.29, 0.717) is 12.3 Å². The molecule has 2 aliphatic rings. The standard InChI is InChI=1S/C9H18N2O/c1-8-7-11(5-6-12-8)9-3-2-4-10-9/h8-10H,2-7H2,1H3. The van der Waals surface area contributed by atoms with Gasteiger partial charge in [-0.05, 0) is 26.3 Å². The van der Waals surface area contributed by atoms with Crippen molar-refractivity contribution in [2.24, 2.45) is 0 Å². The van der Waals surface area contributed by atoms with Crippen LogP contribution in [0.5, 0.6) is 0 Å². The fraction of sp³-hybridized carbons (Fsp3) is 1.00. The van der Waals surface area contributed by atoms with Crippen molar-refractivity contribution in [2.75, 3.05) is 26.2 Å². The van der Waals surface area contributed by atoms with Crippen molar-refractivity contribution in [3.63, 3.8) is 0 Å². The van der Waals surface area contributed by atoms with E-state index >= 15 is 0 Å². The van der Waals surface area contributed by atoms with Gasteiger partial charge in [-0.2, -0.15) is 0 Å². The molecule has 0 saturated carbocycles. The molecule has 12 heavy (non-hydrogen) atoms. The fourth-order valence-corrected chi connectivity index (χ4v) is 2.11. The van der Waals surface area contributed by atoms with Gasteiger partial charge in [-0.3, -0.25) is 4.90 Å². The van der Waals surface area contributed by atoms with E-state index in [9.17, 15) is 0 Å². The Bertz CT molecular complexity index is 145. The van der Waals surface area contributed by atoms with E-state index in [1.165, 1.54) is 19.4 Å². The van der Waals surface area contributed by atoms with Crippen LogP contribution in [0.15, 0.2) is 0 Å². The van der Waals surface area contributed by atoms with Crippen LogP contribution < -0.4 is 5.32 Å². The van der Waals surface area contributed by atoms with E-state index in [0.717, 1.165) is 19.7 Å². The topological polar surface area (TPSA) is 24.5 Å². The van der Waals surface area contributed by atoms with E-state index in [2.05, 4.69) is 17.1 Å². The van der Waals surface area contributed by atoms with Crippen LogP contribution >= 0.6 is 0 Å². The third kappa shape index (κ3) is 1.79. The first-order valence-electron chi connectivity index (χ1n) is 4.95. The number of ether oxygens (including phenoxy) is 1. The highest BCUT2D eigenvalue weighted by molar-refractivity contribution is 4.79. The van der Waals surface area contributed by atoms with Crippen LogP contribution in [-0.2, 0) is 4.74 Å². The molecule has 0 aliphatic carbocycles. The SMILES string of the molecule is CC1CN(C2CCCN2)CCO1. The number of nitrogens with one attached hydrogen (secondary N) is 1. The lowest BCUT2D eigenvalue weighted by molar-refractivity contribution is -0.0363. The number of hydrogen-bond acceptors (Lipinski definition) is 3. The molecule has 3 nitrogen and oxygen atoms in total. The monoisotopic (exact) mass is 170 g/mol. The van der Waals surface area contributed by atoms with Crippen molar-refractivity contribution >= 4 is 0 Å². The normalized spacial score (nSPS) is 38.8. The highest BCUT2D eigenvalue weighted by Crippen LogP contribution is 2.14. The maximum Gasteiger partial charge on any atom is 0.0675 e. The summed E-state index contributed by atoms with van der Waals surface area (Å²) in [5, 5.41) is 3.52. The number of hydrogen-bond donors (Lipinski definition) is 1. The summed E-state index contributed by atoms with van der Waals surface area (Å²) in [5.41, 5.74) is 0. The molecule has 2 aliphatic heterocycles. The molecule has 0 bridgehead atoms. The van der Waals surface area contributed by atoms with Gasteiger partial charge in [-0.15, -0.1) is 0 Å². The van der Waals surface area contributed by atoms with E-state index < -0.39 is 0 Å². The summed E-state index contributed by atoms with van der Waals surface area (Å²) in [6, 6.07) is 0. The molecule has 2 saturated heterocycles. The molecule has 2 unspecified atom stereocenters. The van der Waals surface area contributed by atoms with Gasteiger partial charge in [0, 0.05) is 13.1 Å². The molecule has 2 rings (SSSR count). The summed E-state index contributed by atoms with van der Waals surface area (Å²) in [7, 11) is 0. The van der Waals surface area contributed by atoms with Crippen molar-refractivity contribution in [3.05, 3.63) is 0 Å². The Balaban J connectivity index is 1.85. The molecule has 70 valence electrons. The quantitative estimate of drug-likeness (QED) is 0.617. The van der Waals surface area contributed by atoms with Gasteiger partial charge in [-0.25, -0.2) is 0 Å². The second kappa shape index (κ2) is 3.73. The van der Waals surface area contributed by atoms with Crippen molar-refractivity contribution < 1.29 is 4.74 Å². The average Bonchev–Trinajstić information content (AvgIpc) is 2.56. The molecular formula is C9H18N2O. The van der Waals surface area contributed by atoms with Gasteiger partial charge >= 0.3 is 0 Å². The molecule has 2 fully saturated rings. The van der Waals surface area contributed by atoms with E-state index in [1.807, 2.05) is 0 Å². The lowest BCUT2D eigenvalue weighted by Gasteiger charge is -2.35. The lowest BCUT2D eigenvalue weighted by Crippen LogP contribution is -2.50. The maximum absolute atomic E-state index is 5.50. The van der Waals surface area contributed by atoms with Crippen LogP contribution in [0.2, 0.25) is 0 Å². The number of rotatable bonds is 1. The number of nitrogens with zero attached hydrogens (tertiary/aromatic N) is 1. The molecule has 3 heteroatoms. The smallest absolute Gasteiger partial charge is 0.0675 e. The third-order valence-electron chi connectivity index (χ3n) is 2.75. The van der Waals surface area contributed by atoms with Crippen LogP contribution in [0.1, 0.15) is 19.8 Å². The van der Waals surface area contributed by atoms with Crippen molar-refractivity contribution in [1.82, 2.24) is 10.2 Å². The molecule has 0 spiro atoms. The van der Waals surface area contributed by atoms with Crippen molar-refractivity contribution in [1.29, 1.82) is 0 Å². The highest BCUT2D eigenvalue weighted by atomic mass is 16.5. The first-order valence-corrected chi connectivity index (χ1v) is 4.95. The Morgan fingerprint density at radius 1 is 1.50 bits per heavy atom. The zero-order chi connectivity index (χ0) is 8.39. The summed E-state index contributed by atoms with van der Waals surface area (Å²) >= 11 is 0. The minimum absolute atomic E-state index is 0.418. The minimum atomic E-state index is 0.418. The van der Waals surface area contributed by atoms with Crippen LogP contribution in [0.25, 0.3) is 0 Å². The van der Waals surface area contributed by atoms with Gasteiger partial charge in [0.1, 0.15) is 0 Å². The minimum Gasteiger partial charge on any atom is -0.376 e. The van der Waals surface area contributed by atoms with Gasteiger partial charge in [0.25, 0.3) is 0 Å². The van der Waals surface area contributed by atoms with Crippen molar-refractivity contribution in [2.45, 2.75) is 32.0 Å². The summed E-state index contributed by atoms with van der Waals surface area (Å²) in [5.74, 6) is 0. The predicted octanol–water partition coefficient (Wildman–Crippen LogP) is 0.417. The predicted molar refractivity (Wildman–Crippen MR) is 48.0 cm³/mol. The Hall–Kier alpha value is -0.120. The molecule has 0 radical (unpaired) electrons. The van der Waals surface area contributed by atoms with Gasteiger partial charge < -0.3 is 10.1 Å². The van der Waals surface area contributed by atoms with E-state index in [1.54, 1.807) is 0 Å². The van der Waals surface area contributed by atoms with Gasteiger partial charge in [0.2, 0.25) is 0 Å². The van der Waals surface area contributed by atoms with Crippen LogP contribution in [-0.4, -0.2) is 43.4 Å². The Labute approximate surface area is 74.1 Å². The van der Waals surface area contributed by atoms with Crippen LogP contribution in [0, 0.1) is 0 Å². The summed E-state index contributed by atoms with van der Waals surface area (Å²) < 4.78 is 5.50. The molecule has 1 N–H and O–H groups in total. The van der Waals surface area contributed by atoms with Gasteiger partial charge in [0.05, 0.1) is 18.9 Å². The molecule has 0 aromatic heterocycles. The largest absolute Gasteiger partial charge is 0.376 e. The van der Waals surface area contributed by atoms with Crippen LogP contribution in [0.3, 0.4) is 0 Å². The van der Waals surface area contributed by atoms with Gasteiger partial charge in [-0.1, -0.05) is 0 Å². The summed E-state index contributed by atoms with van der Waals surface area (Å²) in [4.78, 5) is 2.52. The zero-order valence-electron chi connectivity index (χ0n) is 7.75.